The highest BCUT2D eigenvalue weighted by Crippen LogP contribution is 2.38. The SMILES string of the molecule is Brc1ccc2c(c1)NCC2.Nc1ncc(Cl)c(Cl)n1.Nc1ncc(Cl)c(N2CCc3ccc(Br)cc32)n1. The van der Waals surface area contributed by atoms with Crippen LogP contribution in [0.1, 0.15) is 11.1 Å². The van der Waals surface area contributed by atoms with Crippen molar-refractivity contribution in [1.82, 2.24) is 19.9 Å². The zero-order valence-corrected chi connectivity index (χ0v) is 24.7. The predicted octanol–water partition coefficient (Wildman–Crippen LogP) is 6.95. The molecule has 4 aromatic rings. The van der Waals surface area contributed by atoms with Gasteiger partial charge in [-0.25, -0.2) is 9.97 Å². The van der Waals surface area contributed by atoms with Crippen LogP contribution in [0.5, 0.6) is 0 Å². The van der Waals surface area contributed by atoms with Crippen LogP contribution < -0.4 is 21.7 Å². The second-order valence-electron chi connectivity index (χ2n) is 7.92. The van der Waals surface area contributed by atoms with Crippen LogP contribution in [-0.4, -0.2) is 33.0 Å². The number of halogens is 5. The minimum atomic E-state index is 0.129. The van der Waals surface area contributed by atoms with E-state index in [2.05, 4.69) is 92.3 Å². The van der Waals surface area contributed by atoms with E-state index in [0.29, 0.717) is 15.9 Å². The lowest BCUT2D eigenvalue weighted by Gasteiger charge is -2.19. The van der Waals surface area contributed by atoms with Gasteiger partial charge in [-0.15, -0.1) is 0 Å². The number of hydrogen-bond donors (Lipinski definition) is 3. The summed E-state index contributed by atoms with van der Waals surface area (Å²) in [5, 5.41) is 4.32. The van der Waals surface area contributed by atoms with E-state index in [1.165, 1.54) is 35.6 Å². The van der Waals surface area contributed by atoms with Crippen molar-refractivity contribution in [3.8, 4) is 0 Å². The van der Waals surface area contributed by atoms with Gasteiger partial charge in [-0.3, -0.25) is 0 Å². The third kappa shape index (κ3) is 7.14. The lowest BCUT2D eigenvalue weighted by Crippen LogP contribution is -2.16. The van der Waals surface area contributed by atoms with Crippen LogP contribution >= 0.6 is 66.7 Å². The molecule has 192 valence electrons. The maximum Gasteiger partial charge on any atom is 0.222 e. The highest BCUT2D eigenvalue weighted by molar-refractivity contribution is 9.10. The topological polar surface area (TPSA) is 119 Å². The number of hydrogen-bond acceptors (Lipinski definition) is 8. The van der Waals surface area contributed by atoms with Crippen molar-refractivity contribution < 1.29 is 0 Å². The average molecular weight is 688 g/mol. The monoisotopic (exact) mass is 684 g/mol. The van der Waals surface area contributed by atoms with Gasteiger partial charge in [0.15, 0.2) is 11.0 Å². The van der Waals surface area contributed by atoms with Crippen LogP contribution in [0.25, 0.3) is 0 Å². The molecule has 0 unspecified atom stereocenters. The fourth-order valence-electron chi connectivity index (χ4n) is 3.75. The van der Waals surface area contributed by atoms with Crippen molar-refractivity contribution in [3.63, 3.8) is 0 Å². The highest BCUT2D eigenvalue weighted by atomic mass is 79.9. The molecule has 6 rings (SSSR count). The van der Waals surface area contributed by atoms with E-state index in [-0.39, 0.29) is 17.0 Å². The van der Waals surface area contributed by atoms with E-state index in [0.717, 1.165) is 34.1 Å². The third-order valence-corrected chi connectivity index (χ3v) is 7.36. The maximum atomic E-state index is 6.15. The Morgan fingerprint density at radius 1 is 0.811 bits per heavy atom. The lowest BCUT2D eigenvalue weighted by atomic mass is 10.2. The Kier molecular flexibility index (Phi) is 9.31. The molecule has 0 spiro atoms. The molecule has 0 bridgehead atoms. The fourth-order valence-corrected chi connectivity index (χ4v) is 4.88. The molecular formula is C24H21Br2Cl3N8. The molecule has 0 aliphatic carbocycles. The summed E-state index contributed by atoms with van der Waals surface area (Å²) < 4.78 is 2.19. The van der Waals surface area contributed by atoms with Crippen molar-refractivity contribution in [3.05, 3.63) is 84.1 Å². The molecule has 0 fully saturated rings. The van der Waals surface area contributed by atoms with Crippen LogP contribution in [0.2, 0.25) is 15.2 Å². The Balaban J connectivity index is 0.000000143. The standard InChI is InChI=1S/C12H10BrClN4.C8H8BrN.C4H3Cl2N3/c13-8-2-1-7-3-4-18(10(7)5-8)11-9(14)6-16-12(15)17-11;9-7-2-1-6-3-4-10-8(6)5-7;5-2-1-8-4(7)9-3(2)6/h1-2,5-6H,3-4H2,(H2,15,16,17);1-2,5,10H,3-4H2;1H,(H2,7,8,9). The molecular weight excluding hydrogens is 666 g/mol. The Morgan fingerprint density at radius 2 is 1.46 bits per heavy atom. The number of anilines is 5. The van der Waals surface area contributed by atoms with Gasteiger partial charge in [-0.2, -0.15) is 9.97 Å². The van der Waals surface area contributed by atoms with Crippen molar-refractivity contribution in [2.24, 2.45) is 0 Å². The zero-order valence-electron chi connectivity index (χ0n) is 19.2. The van der Waals surface area contributed by atoms with E-state index in [1.54, 1.807) is 0 Å². The minimum Gasteiger partial charge on any atom is -0.384 e. The molecule has 2 aromatic heterocycles. The number of benzene rings is 2. The third-order valence-electron chi connectivity index (χ3n) is 5.44. The number of fused-ring (bicyclic) bond motifs is 2. The van der Waals surface area contributed by atoms with E-state index in [1.807, 2.05) is 6.07 Å². The fraction of sp³-hybridized carbons (Fsp3) is 0.167. The first-order valence-corrected chi connectivity index (χ1v) is 13.7. The summed E-state index contributed by atoms with van der Waals surface area (Å²) in [5.74, 6) is 1.03. The van der Waals surface area contributed by atoms with Gasteiger partial charge in [0.05, 0.1) is 17.4 Å². The van der Waals surface area contributed by atoms with Crippen molar-refractivity contribution in [2.75, 3.05) is 34.8 Å². The van der Waals surface area contributed by atoms with Crippen molar-refractivity contribution in [2.45, 2.75) is 12.8 Å². The normalized spacial score (nSPS) is 12.9. The molecule has 4 heterocycles. The molecule has 2 aliphatic heterocycles. The number of nitrogens with two attached hydrogens (primary N) is 2. The van der Waals surface area contributed by atoms with Crippen LogP contribution in [0.3, 0.4) is 0 Å². The number of nitrogen functional groups attached to an aromatic ring is 2. The minimum absolute atomic E-state index is 0.129. The van der Waals surface area contributed by atoms with Gasteiger partial charge in [0.25, 0.3) is 0 Å². The summed E-state index contributed by atoms with van der Waals surface area (Å²) >= 11 is 24.0. The van der Waals surface area contributed by atoms with Gasteiger partial charge in [0.2, 0.25) is 11.9 Å². The first-order chi connectivity index (χ1) is 17.7. The second-order valence-corrected chi connectivity index (χ2v) is 10.9. The summed E-state index contributed by atoms with van der Waals surface area (Å²) in [6.45, 7) is 1.94. The molecule has 0 saturated carbocycles. The van der Waals surface area contributed by atoms with Crippen LogP contribution in [0, 0.1) is 0 Å². The molecule has 5 N–H and O–H groups in total. The van der Waals surface area contributed by atoms with E-state index in [4.69, 9.17) is 46.3 Å². The summed E-state index contributed by atoms with van der Waals surface area (Å²) in [7, 11) is 0. The molecule has 2 aliphatic rings. The molecule has 0 radical (unpaired) electrons. The van der Waals surface area contributed by atoms with E-state index >= 15 is 0 Å². The molecule has 0 saturated heterocycles. The zero-order chi connectivity index (χ0) is 26.5. The second kappa shape index (κ2) is 12.4. The van der Waals surface area contributed by atoms with Gasteiger partial charge in [-0.1, -0.05) is 78.8 Å². The van der Waals surface area contributed by atoms with Gasteiger partial charge >= 0.3 is 0 Å². The molecule has 8 nitrogen and oxygen atoms in total. The maximum absolute atomic E-state index is 6.15. The molecule has 0 atom stereocenters. The van der Waals surface area contributed by atoms with Crippen LogP contribution in [-0.2, 0) is 12.8 Å². The summed E-state index contributed by atoms with van der Waals surface area (Å²) in [6, 6.07) is 12.6. The van der Waals surface area contributed by atoms with Crippen molar-refractivity contribution in [1.29, 1.82) is 0 Å². The number of aromatic nitrogens is 4. The molecule has 13 heteroatoms. The molecule has 2 aromatic carbocycles. The smallest absolute Gasteiger partial charge is 0.222 e. The first kappa shape index (κ1) is 27.7. The Bertz CT molecular complexity index is 1420. The average Bonchev–Trinajstić information content (AvgIpc) is 3.50. The largest absolute Gasteiger partial charge is 0.384 e. The summed E-state index contributed by atoms with van der Waals surface area (Å²) in [5.41, 5.74) is 15.9. The molecule has 0 amide bonds. The van der Waals surface area contributed by atoms with Crippen LogP contribution in [0.15, 0.2) is 57.7 Å². The molecule has 37 heavy (non-hydrogen) atoms. The number of nitrogens with one attached hydrogen (secondary N) is 1. The lowest BCUT2D eigenvalue weighted by molar-refractivity contribution is 0.968. The van der Waals surface area contributed by atoms with Crippen molar-refractivity contribution >= 4 is 95.8 Å². The van der Waals surface area contributed by atoms with Crippen LogP contribution in [0.4, 0.5) is 29.1 Å². The van der Waals surface area contributed by atoms with E-state index in [9.17, 15) is 0 Å². The van der Waals surface area contributed by atoms with Gasteiger partial charge < -0.3 is 21.7 Å². The van der Waals surface area contributed by atoms with Gasteiger partial charge in [-0.05, 0) is 48.2 Å². The quantitative estimate of drug-likeness (QED) is 0.184. The Hall–Kier alpha value is -2.37. The number of nitrogens with zero attached hydrogens (tertiary/aromatic N) is 5. The number of rotatable bonds is 1. The summed E-state index contributed by atoms with van der Waals surface area (Å²) in [6.07, 6.45) is 5.03. The van der Waals surface area contributed by atoms with E-state index < -0.39 is 0 Å². The highest BCUT2D eigenvalue weighted by Gasteiger charge is 2.23. The Morgan fingerprint density at radius 3 is 2.16 bits per heavy atom. The van der Waals surface area contributed by atoms with Gasteiger partial charge in [0.1, 0.15) is 5.02 Å². The summed E-state index contributed by atoms with van der Waals surface area (Å²) in [4.78, 5) is 17.3. The van der Waals surface area contributed by atoms with Gasteiger partial charge in [0, 0.05) is 33.4 Å². The first-order valence-electron chi connectivity index (χ1n) is 11.0. The Labute approximate surface area is 246 Å². The predicted molar refractivity (Wildman–Crippen MR) is 159 cm³/mol.